The van der Waals surface area contributed by atoms with Crippen LogP contribution in [0.25, 0.3) is 0 Å². The Kier molecular flexibility index (Phi) is 8.28. The lowest BCUT2D eigenvalue weighted by molar-refractivity contribution is 0.152. The first-order valence-corrected chi connectivity index (χ1v) is 7.45. The van der Waals surface area contributed by atoms with E-state index >= 15 is 0 Å². The van der Waals surface area contributed by atoms with Crippen molar-refractivity contribution in [3.63, 3.8) is 0 Å². The van der Waals surface area contributed by atoms with E-state index in [0.29, 0.717) is 19.8 Å². The molecule has 0 saturated heterocycles. The summed E-state index contributed by atoms with van der Waals surface area (Å²) in [5, 5.41) is 6.49. The van der Waals surface area contributed by atoms with Crippen molar-refractivity contribution in [2.45, 2.75) is 27.3 Å². The zero-order chi connectivity index (χ0) is 15.5. The molecule has 0 spiro atoms. The predicted molar refractivity (Wildman–Crippen MR) is 87.0 cm³/mol. The van der Waals surface area contributed by atoms with Gasteiger partial charge in [-0.25, -0.2) is 0 Å². The summed E-state index contributed by atoms with van der Waals surface area (Å²) >= 11 is 0. The highest BCUT2D eigenvalue weighted by Crippen LogP contribution is 2.20. The van der Waals surface area contributed by atoms with Gasteiger partial charge in [0.05, 0.1) is 13.2 Å². The smallest absolute Gasteiger partial charge is 0.191 e. The van der Waals surface area contributed by atoms with E-state index in [1.165, 1.54) is 5.56 Å². The molecule has 0 saturated carbocycles. The maximum Gasteiger partial charge on any atom is 0.191 e. The number of rotatable bonds is 8. The minimum absolute atomic E-state index is 0.664. The second kappa shape index (κ2) is 10.0. The average Bonchev–Trinajstić information content (AvgIpc) is 2.48. The van der Waals surface area contributed by atoms with Gasteiger partial charge in [-0.1, -0.05) is 12.1 Å². The molecule has 0 heterocycles. The van der Waals surface area contributed by atoms with Crippen LogP contribution in [-0.4, -0.2) is 39.4 Å². The van der Waals surface area contributed by atoms with E-state index in [1.54, 1.807) is 7.05 Å². The second-order valence-electron chi connectivity index (χ2n) is 4.59. The Morgan fingerprint density at radius 3 is 2.67 bits per heavy atom. The number of guanidine groups is 1. The third-order valence-electron chi connectivity index (χ3n) is 2.94. The van der Waals surface area contributed by atoms with Crippen molar-refractivity contribution in [1.29, 1.82) is 0 Å². The van der Waals surface area contributed by atoms with Crippen molar-refractivity contribution in [3.05, 3.63) is 29.3 Å². The first-order valence-electron chi connectivity index (χ1n) is 7.45. The Labute approximate surface area is 127 Å². The number of hydrogen-bond donors (Lipinski definition) is 2. The highest BCUT2D eigenvalue weighted by Gasteiger charge is 2.05. The quantitative estimate of drug-likeness (QED) is 0.438. The molecule has 1 aromatic carbocycles. The fourth-order valence-electron chi connectivity index (χ4n) is 1.88. The van der Waals surface area contributed by atoms with Gasteiger partial charge >= 0.3 is 0 Å². The van der Waals surface area contributed by atoms with E-state index in [2.05, 4.69) is 40.7 Å². The number of aryl methyl sites for hydroxylation is 1. The topological polar surface area (TPSA) is 54.9 Å². The van der Waals surface area contributed by atoms with Gasteiger partial charge in [-0.05, 0) is 32.4 Å². The van der Waals surface area contributed by atoms with Gasteiger partial charge in [0.1, 0.15) is 5.75 Å². The van der Waals surface area contributed by atoms with E-state index < -0.39 is 0 Å². The number of benzene rings is 1. The highest BCUT2D eigenvalue weighted by molar-refractivity contribution is 5.79. The van der Waals surface area contributed by atoms with Gasteiger partial charge < -0.3 is 20.1 Å². The van der Waals surface area contributed by atoms with Gasteiger partial charge in [-0.3, -0.25) is 4.99 Å². The zero-order valence-electron chi connectivity index (χ0n) is 13.5. The van der Waals surface area contributed by atoms with Crippen LogP contribution in [0.1, 0.15) is 25.0 Å². The number of ether oxygens (including phenoxy) is 2. The molecule has 0 aliphatic rings. The minimum Gasteiger partial charge on any atom is -0.494 e. The first-order chi connectivity index (χ1) is 10.2. The van der Waals surface area contributed by atoms with Gasteiger partial charge in [0.2, 0.25) is 0 Å². The van der Waals surface area contributed by atoms with Gasteiger partial charge in [0.25, 0.3) is 0 Å². The molecule has 0 amide bonds. The number of nitrogens with one attached hydrogen (secondary N) is 2. The molecule has 1 rings (SSSR count). The summed E-state index contributed by atoms with van der Waals surface area (Å²) in [5.41, 5.74) is 2.32. The third kappa shape index (κ3) is 6.49. The Bertz CT molecular complexity index is 447. The molecule has 0 atom stereocenters. The molecule has 0 aliphatic carbocycles. The fourth-order valence-corrected chi connectivity index (χ4v) is 1.88. The van der Waals surface area contributed by atoms with E-state index in [9.17, 15) is 0 Å². The Balaban J connectivity index is 2.52. The van der Waals surface area contributed by atoms with Crippen LogP contribution < -0.4 is 15.4 Å². The van der Waals surface area contributed by atoms with Crippen LogP contribution in [0.5, 0.6) is 5.75 Å². The molecule has 1 aromatic rings. The van der Waals surface area contributed by atoms with Crippen LogP contribution in [0.2, 0.25) is 0 Å². The standard InChI is InChI=1S/C16H27N3O2/c1-5-20-10-9-18-16(17-4)19-12-14-8-7-13(3)11-15(14)21-6-2/h7-8,11H,5-6,9-10,12H2,1-4H3,(H2,17,18,19). The normalized spacial score (nSPS) is 11.3. The third-order valence-corrected chi connectivity index (χ3v) is 2.94. The fraction of sp³-hybridized carbons (Fsp3) is 0.562. The lowest BCUT2D eigenvalue weighted by Crippen LogP contribution is -2.38. The second-order valence-corrected chi connectivity index (χ2v) is 4.59. The predicted octanol–water partition coefficient (Wildman–Crippen LogP) is 2.10. The molecular formula is C16H27N3O2. The molecule has 5 heteroatoms. The zero-order valence-corrected chi connectivity index (χ0v) is 13.5. The monoisotopic (exact) mass is 293 g/mol. The maximum absolute atomic E-state index is 5.68. The van der Waals surface area contributed by atoms with Gasteiger partial charge in [-0.15, -0.1) is 0 Å². The number of aliphatic imine (C=N–C) groups is 1. The maximum atomic E-state index is 5.68. The summed E-state index contributed by atoms with van der Waals surface area (Å²) in [5.74, 6) is 1.69. The number of nitrogens with zero attached hydrogens (tertiary/aromatic N) is 1. The average molecular weight is 293 g/mol. The van der Waals surface area contributed by atoms with E-state index in [4.69, 9.17) is 9.47 Å². The highest BCUT2D eigenvalue weighted by atomic mass is 16.5. The SMILES string of the molecule is CCOCCNC(=NC)NCc1ccc(C)cc1OCC. The van der Waals surface area contributed by atoms with Crippen LogP contribution in [0.3, 0.4) is 0 Å². The summed E-state index contributed by atoms with van der Waals surface area (Å²) < 4.78 is 11.0. The molecule has 0 bridgehead atoms. The molecule has 0 aliphatic heterocycles. The van der Waals surface area contributed by atoms with Crippen LogP contribution in [0, 0.1) is 6.92 Å². The molecule has 2 N–H and O–H groups in total. The summed E-state index contributed by atoms with van der Waals surface area (Å²) in [6.07, 6.45) is 0. The Hall–Kier alpha value is -1.75. The van der Waals surface area contributed by atoms with Crippen LogP contribution >= 0.6 is 0 Å². The molecule has 5 nitrogen and oxygen atoms in total. The van der Waals surface area contributed by atoms with E-state index in [1.807, 2.05) is 13.8 Å². The molecule has 118 valence electrons. The summed E-state index contributed by atoms with van der Waals surface area (Å²) in [6, 6.07) is 6.23. The number of hydrogen-bond acceptors (Lipinski definition) is 3. The minimum atomic E-state index is 0.664. The Morgan fingerprint density at radius 2 is 2.00 bits per heavy atom. The van der Waals surface area contributed by atoms with Gasteiger partial charge in [0.15, 0.2) is 5.96 Å². The lowest BCUT2D eigenvalue weighted by Gasteiger charge is -2.15. The molecule has 0 unspecified atom stereocenters. The van der Waals surface area contributed by atoms with Crippen molar-refractivity contribution in [2.24, 2.45) is 4.99 Å². The molecule has 0 fully saturated rings. The van der Waals surface area contributed by atoms with Crippen LogP contribution in [-0.2, 0) is 11.3 Å². The van der Waals surface area contributed by atoms with Crippen molar-refractivity contribution >= 4 is 5.96 Å². The van der Waals surface area contributed by atoms with E-state index in [-0.39, 0.29) is 0 Å². The van der Waals surface area contributed by atoms with Crippen molar-refractivity contribution in [3.8, 4) is 5.75 Å². The summed E-state index contributed by atoms with van der Waals surface area (Å²) in [4.78, 5) is 4.19. The lowest BCUT2D eigenvalue weighted by atomic mass is 10.1. The van der Waals surface area contributed by atoms with Gasteiger partial charge in [-0.2, -0.15) is 0 Å². The molecule has 0 aromatic heterocycles. The van der Waals surface area contributed by atoms with Crippen LogP contribution in [0.15, 0.2) is 23.2 Å². The molecular weight excluding hydrogens is 266 g/mol. The van der Waals surface area contributed by atoms with Crippen molar-refractivity contribution in [2.75, 3.05) is 33.4 Å². The van der Waals surface area contributed by atoms with Crippen molar-refractivity contribution < 1.29 is 9.47 Å². The van der Waals surface area contributed by atoms with Crippen molar-refractivity contribution in [1.82, 2.24) is 10.6 Å². The Morgan fingerprint density at radius 1 is 1.19 bits per heavy atom. The first kappa shape index (κ1) is 17.3. The summed E-state index contributed by atoms with van der Waals surface area (Å²) in [7, 11) is 1.76. The summed E-state index contributed by atoms with van der Waals surface area (Å²) in [6.45, 7) is 9.52. The molecule has 21 heavy (non-hydrogen) atoms. The van der Waals surface area contributed by atoms with Crippen LogP contribution in [0.4, 0.5) is 0 Å². The largest absolute Gasteiger partial charge is 0.494 e. The van der Waals surface area contributed by atoms with E-state index in [0.717, 1.165) is 30.4 Å². The molecule has 0 radical (unpaired) electrons. The van der Waals surface area contributed by atoms with Gasteiger partial charge in [0, 0.05) is 32.3 Å².